The third-order valence-electron chi connectivity index (χ3n) is 5.56. The Kier molecular flexibility index (Phi) is 7.77. The summed E-state index contributed by atoms with van der Waals surface area (Å²) in [6, 6.07) is 10.6. The first kappa shape index (κ1) is 23.2. The molecule has 1 heterocycles. The molecular weight excluding hydrogens is 412 g/mol. The van der Waals surface area contributed by atoms with Crippen molar-refractivity contribution in [1.29, 1.82) is 0 Å². The molecule has 9 heteroatoms. The van der Waals surface area contributed by atoms with E-state index in [1.165, 1.54) is 24.3 Å². The van der Waals surface area contributed by atoms with Crippen LogP contribution in [0.1, 0.15) is 40.5 Å². The van der Waals surface area contributed by atoms with Crippen molar-refractivity contribution in [3.63, 3.8) is 0 Å². The lowest BCUT2D eigenvalue weighted by Gasteiger charge is -2.33. The molecule has 0 saturated carbocycles. The van der Waals surface area contributed by atoms with Crippen LogP contribution in [-0.4, -0.2) is 50.1 Å². The molecule has 9 nitrogen and oxygen atoms in total. The van der Waals surface area contributed by atoms with Crippen molar-refractivity contribution in [2.75, 3.05) is 43.6 Å². The molecule has 0 unspecified atom stereocenters. The maximum absolute atomic E-state index is 12.9. The van der Waals surface area contributed by atoms with Crippen LogP contribution in [0.2, 0.25) is 0 Å². The molecule has 2 aromatic rings. The van der Waals surface area contributed by atoms with Crippen LogP contribution in [0.5, 0.6) is 0 Å². The molecule has 0 atom stereocenters. The molecule has 32 heavy (non-hydrogen) atoms. The summed E-state index contributed by atoms with van der Waals surface area (Å²) >= 11 is 0. The molecule has 2 amide bonds. The second-order valence-electron chi connectivity index (χ2n) is 7.91. The number of piperidine rings is 1. The number of nitrogens with one attached hydrogen (secondary N) is 2. The Bertz CT molecular complexity index is 969. The van der Waals surface area contributed by atoms with Gasteiger partial charge in [-0.3, -0.25) is 19.7 Å². The first-order valence-electron chi connectivity index (χ1n) is 10.6. The van der Waals surface area contributed by atoms with Crippen LogP contribution in [-0.2, 0) is 4.74 Å². The van der Waals surface area contributed by atoms with Gasteiger partial charge in [-0.05, 0) is 49.1 Å². The predicted molar refractivity (Wildman–Crippen MR) is 122 cm³/mol. The standard InChI is InChI=1S/C23H28N4O5/c1-16-9-12-26(13-10-16)21-8-5-18(15-20(21)23(29)24-11-14-32-2)25-22(28)17-3-6-19(7-4-17)27(30)31/h3-8,15-16H,9-14H2,1-2H3,(H,24,29)(H,25,28). The number of non-ortho nitro benzene ring substituents is 1. The lowest BCUT2D eigenvalue weighted by molar-refractivity contribution is -0.384. The van der Waals surface area contributed by atoms with Gasteiger partial charge < -0.3 is 20.3 Å². The van der Waals surface area contributed by atoms with Crippen molar-refractivity contribution in [3.8, 4) is 0 Å². The van der Waals surface area contributed by atoms with Gasteiger partial charge in [0.15, 0.2) is 0 Å². The summed E-state index contributed by atoms with van der Waals surface area (Å²) < 4.78 is 5.01. The van der Waals surface area contributed by atoms with Crippen LogP contribution >= 0.6 is 0 Å². The second kappa shape index (κ2) is 10.7. The first-order valence-corrected chi connectivity index (χ1v) is 10.6. The van der Waals surface area contributed by atoms with Crippen molar-refractivity contribution < 1.29 is 19.2 Å². The number of nitrogens with zero attached hydrogens (tertiary/aromatic N) is 2. The van der Waals surface area contributed by atoms with E-state index < -0.39 is 10.8 Å². The van der Waals surface area contributed by atoms with Crippen molar-refractivity contribution in [2.45, 2.75) is 19.8 Å². The number of anilines is 2. The van der Waals surface area contributed by atoms with Gasteiger partial charge in [0.05, 0.1) is 17.1 Å². The quantitative estimate of drug-likeness (QED) is 0.369. The minimum Gasteiger partial charge on any atom is -0.383 e. The minimum absolute atomic E-state index is 0.0863. The molecule has 0 aliphatic carbocycles. The van der Waals surface area contributed by atoms with E-state index in [1.54, 1.807) is 19.2 Å². The predicted octanol–water partition coefficient (Wildman–Crippen LogP) is 3.46. The number of methoxy groups -OCH3 is 1. The highest BCUT2D eigenvalue weighted by Gasteiger charge is 2.22. The summed E-state index contributed by atoms with van der Waals surface area (Å²) in [6.45, 7) is 4.75. The number of carbonyl (C=O) groups excluding carboxylic acids is 2. The van der Waals surface area contributed by atoms with E-state index in [-0.39, 0.29) is 17.2 Å². The SMILES string of the molecule is COCCNC(=O)c1cc(NC(=O)c2ccc([N+](=O)[O-])cc2)ccc1N1CCC(C)CC1. The largest absolute Gasteiger partial charge is 0.383 e. The highest BCUT2D eigenvalue weighted by molar-refractivity contribution is 6.06. The Morgan fingerprint density at radius 1 is 1.12 bits per heavy atom. The summed E-state index contributed by atoms with van der Waals surface area (Å²) in [5.74, 6) is 0.0118. The molecule has 0 radical (unpaired) electrons. The number of hydrogen-bond acceptors (Lipinski definition) is 6. The molecule has 2 aromatic carbocycles. The molecule has 1 aliphatic rings. The van der Waals surface area contributed by atoms with Crippen molar-refractivity contribution >= 4 is 28.9 Å². The zero-order valence-corrected chi connectivity index (χ0v) is 18.3. The molecule has 0 bridgehead atoms. The fourth-order valence-corrected chi connectivity index (χ4v) is 3.62. The number of amides is 2. The van der Waals surface area contributed by atoms with E-state index in [0.29, 0.717) is 30.3 Å². The van der Waals surface area contributed by atoms with Gasteiger partial charge in [0.2, 0.25) is 0 Å². The fourth-order valence-electron chi connectivity index (χ4n) is 3.62. The molecule has 2 N–H and O–H groups in total. The van der Waals surface area contributed by atoms with Crippen molar-refractivity contribution in [2.24, 2.45) is 5.92 Å². The summed E-state index contributed by atoms with van der Waals surface area (Å²) in [6.07, 6.45) is 2.12. The van der Waals surface area contributed by atoms with Gasteiger partial charge in [-0.2, -0.15) is 0 Å². The second-order valence-corrected chi connectivity index (χ2v) is 7.91. The van der Waals surface area contributed by atoms with E-state index in [1.807, 2.05) is 6.07 Å². The highest BCUT2D eigenvalue weighted by Crippen LogP contribution is 2.29. The lowest BCUT2D eigenvalue weighted by atomic mass is 9.97. The number of rotatable bonds is 8. The Hall–Kier alpha value is -3.46. The molecule has 1 aliphatic heterocycles. The average Bonchev–Trinajstić information content (AvgIpc) is 2.80. The minimum atomic E-state index is -0.518. The Balaban J connectivity index is 1.81. The molecule has 3 rings (SSSR count). The van der Waals surface area contributed by atoms with Crippen LogP contribution in [0.3, 0.4) is 0 Å². The number of nitro benzene ring substituents is 1. The van der Waals surface area contributed by atoms with Gasteiger partial charge in [-0.15, -0.1) is 0 Å². The number of nitro groups is 1. The summed E-state index contributed by atoms with van der Waals surface area (Å²) in [5.41, 5.74) is 1.99. The van der Waals surface area contributed by atoms with E-state index in [0.717, 1.165) is 31.6 Å². The summed E-state index contributed by atoms with van der Waals surface area (Å²) in [4.78, 5) is 38.0. The molecular formula is C23H28N4O5. The monoisotopic (exact) mass is 440 g/mol. The Morgan fingerprint density at radius 2 is 1.81 bits per heavy atom. The third-order valence-corrected chi connectivity index (χ3v) is 5.56. The summed E-state index contributed by atoms with van der Waals surface area (Å²) in [5, 5.41) is 16.4. The van der Waals surface area contributed by atoms with E-state index in [9.17, 15) is 19.7 Å². The molecule has 170 valence electrons. The maximum Gasteiger partial charge on any atom is 0.269 e. The third kappa shape index (κ3) is 5.82. The van der Waals surface area contributed by atoms with E-state index in [2.05, 4.69) is 22.5 Å². The van der Waals surface area contributed by atoms with E-state index >= 15 is 0 Å². The Morgan fingerprint density at radius 3 is 2.44 bits per heavy atom. The van der Waals surface area contributed by atoms with Crippen molar-refractivity contribution in [1.82, 2.24) is 5.32 Å². The smallest absolute Gasteiger partial charge is 0.269 e. The lowest BCUT2D eigenvalue weighted by Crippen LogP contribution is -2.35. The zero-order chi connectivity index (χ0) is 23.1. The number of benzene rings is 2. The average molecular weight is 441 g/mol. The summed E-state index contributed by atoms with van der Waals surface area (Å²) in [7, 11) is 1.57. The van der Waals surface area contributed by atoms with Crippen LogP contribution < -0.4 is 15.5 Å². The van der Waals surface area contributed by atoms with Gasteiger partial charge in [0.1, 0.15) is 0 Å². The number of ether oxygens (including phenoxy) is 1. The van der Waals surface area contributed by atoms with Gasteiger partial charge >= 0.3 is 0 Å². The van der Waals surface area contributed by atoms with Gasteiger partial charge in [-0.1, -0.05) is 6.92 Å². The first-order chi connectivity index (χ1) is 15.4. The van der Waals surface area contributed by atoms with Gasteiger partial charge in [0.25, 0.3) is 17.5 Å². The fraction of sp³-hybridized carbons (Fsp3) is 0.391. The maximum atomic E-state index is 12.9. The normalized spacial score (nSPS) is 14.1. The number of hydrogen-bond donors (Lipinski definition) is 2. The van der Waals surface area contributed by atoms with Crippen LogP contribution in [0.25, 0.3) is 0 Å². The molecule has 0 aromatic heterocycles. The zero-order valence-electron chi connectivity index (χ0n) is 18.3. The molecule has 0 spiro atoms. The number of carbonyl (C=O) groups is 2. The Labute approximate surface area is 186 Å². The highest BCUT2D eigenvalue weighted by atomic mass is 16.6. The van der Waals surface area contributed by atoms with Crippen LogP contribution in [0.4, 0.5) is 17.1 Å². The van der Waals surface area contributed by atoms with Crippen molar-refractivity contribution in [3.05, 3.63) is 63.7 Å². The van der Waals surface area contributed by atoms with Gasteiger partial charge in [-0.25, -0.2) is 0 Å². The molecule has 1 fully saturated rings. The topological polar surface area (TPSA) is 114 Å². The van der Waals surface area contributed by atoms with Gasteiger partial charge in [0, 0.05) is 55.8 Å². The van der Waals surface area contributed by atoms with E-state index in [4.69, 9.17) is 4.74 Å². The van der Waals surface area contributed by atoms with Crippen LogP contribution in [0, 0.1) is 16.0 Å². The van der Waals surface area contributed by atoms with Crippen LogP contribution in [0.15, 0.2) is 42.5 Å². The molecule has 1 saturated heterocycles.